The number of rotatable bonds is 6. The van der Waals surface area contributed by atoms with Crippen molar-refractivity contribution in [3.63, 3.8) is 0 Å². The molecule has 0 spiro atoms. The summed E-state index contributed by atoms with van der Waals surface area (Å²) in [6, 6.07) is 7.01. The molecule has 0 saturated heterocycles. The Labute approximate surface area is 213 Å². The van der Waals surface area contributed by atoms with E-state index in [4.69, 9.17) is 0 Å². The van der Waals surface area contributed by atoms with Crippen molar-refractivity contribution in [2.24, 2.45) is 0 Å². The Morgan fingerprint density at radius 3 is 1.15 bits per heavy atom. The van der Waals surface area contributed by atoms with E-state index in [9.17, 15) is 48.0 Å². The fourth-order valence-electron chi connectivity index (χ4n) is 4.36. The van der Waals surface area contributed by atoms with E-state index in [1.54, 1.807) is 0 Å². The number of nitrogens with zero attached hydrogens (tertiary/aromatic N) is 2. The summed E-state index contributed by atoms with van der Waals surface area (Å²) < 4.78 is 89.0. The lowest BCUT2D eigenvalue weighted by Gasteiger charge is -2.37. The van der Waals surface area contributed by atoms with Gasteiger partial charge in [0.2, 0.25) is 23.1 Å². The van der Waals surface area contributed by atoms with Crippen molar-refractivity contribution in [3.8, 4) is 11.5 Å². The van der Waals surface area contributed by atoms with Crippen LogP contribution in [-0.2, 0) is 5.41 Å². The minimum atomic E-state index is -2.84. The van der Waals surface area contributed by atoms with Crippen LogP contribution in [0.25, 0.3) is 0 Å². The molecule has 0 bridgehead atoms. The first-order chi connectivity index (χ1) is 18.3. The van der Waals surface area contributed by atoms with Crippen LogP contribution in [0.1, 0.15) is 22.3 Å². The predicted molar refractivity (Wildman–Crippen MR) is 121 cm³/mol. The number of hydrogen-bond acceptors (Lipinski definition) is 6. The number of phenols is 2. The SMILES string of the molecule is O=[N+]([O-])c1cc(C(c2ccc(F)cc2)(c2ccc(F)cc2)c2cc([N+](=O)[O-])c(O)c(F)c2F)c(F)c(F)c1O. The summed E-state index contributed by atoms with van der Waals surface area (Å²) in [6.07, 6.45) is 0. The molecule has 0 radical (unpaired) electrons. The third kappa shape index (κ3) is 4.15. The van der Waals surface area contributed by atoms with Crippen LogP contribution in [0, 0.1) is 55.1 Å². The van der Waals surface area contributed by atoms with E-state index >= 15 is 8.78 Å². The molecule has 0 aliphatic rings. The second kappa shape index (κ2) is 9.63. The van der Waals surface area contributed by atoms with Crippen LogP contribution in [0.5, 0.6) is 11.5 Å². The maximum atomic E-state index is 15.7. The maximum absolute atomic E-state index is 15.7. The van der Waals surface area contributed by atoms with Gasteiger partial charge in [0.25, 0.3) is 0 Å². The van der Waals surface area contributed by atoms with Gasteiger partial charge in [0, 0.05) is 23.3 Å². The van der Waals surface area contributed by atoms with Crippen LogP contribution >= 0.6 is 0 Å². The number of phenolic OH excluding ortho intramolecular Hbond substituents is 2. The van der Waals surface area contributed by atoms with E-state index < -0.39 is 95.3 Å². The van der Waals surface area contributed by atoms with Crippen LogP contribution < -0.4 is 0 Å². The Hall–Kier alpha value is -5.14. The van der Waals surface area contributed by atoms with E-state index in [1.165, 1.54) is 0 Å². The number of benzene rings is 4. The highest BCUT2D eigenvalue weighted by Crippen LogP contribution is 2.51. The van der Waals surface area contributed by atoms with Crippen LogP contribution in [0.4, 0.5) is 37.7 Å². The highest BCUT2D eigenvalue weighted by atomic mass is 19.2. The second-order valence-corrected chi connectivity index (χ2v) is 8.12. The zero-order valence-electron chi connectivity index (χ0n) is 19.0. The highest BCUT2D eigenvalue weighted by molar-refractivity contribution is 5.66. The molecule has 0 aromatic heterocycles. The number of aromatic hydroxyl groups is 2. The molecule has 4 aromatic carbocycles. The Balaban J connectivity index is 2.37. The topological polar surface area (TPSA) is 127 Å². The maximum Gasteiger partial charge on any atom is 0.314 e. The summed E-state index contributed by atoms with van der Waals surface area (Å²) in [4.78, 5) is 20.5. The molecule has 0 aliphatic heterocycles. The van der Waals surface area contributed by atoms with Crippen LogP contribution in [-0.4, -0.2) is 20.1 Å². The van der Waals surface area contributed by atoms with Gasteiger partial charge in [0.15, 0.2) is 11.6 Å². The molecule has 0 unspecified atom stereocenters. The average Bonchev–Trinajstić information content (AvgIpc) is 2.89. The van der Waals surface area contributed by atoms with Crippen LogP contribution in [0.3, 0.4) is 0 Å². The first-order valence-corrected chi connectivity index (χ1v) is 10.6. The molecular formula is C25H12F6N2O6. The van der Waals surface area contributed by atoms with E-state index in [0.717, 1.165) is 48.5 Å². The van der Waals surface area contributed by atoms with Crippen molar-refractivity contribution < 1.29 is 46.4 Å². The van der Waals surface area contributed by atoms with Gasteiger partial charge in [-0.15, -0.1) is 0 Å². The lowest BCUT2D eigenvalue weighted by atomic mass is 9.64. The third-order valence-corrected chi connectivity index (χ3v) is 6.08. The van der Waals surface area contributed by atoms with Gasteiger partial charge in [0.1, 0.15) is 11.6 Å². The first kappa shape index (κ1) is 26.9. The van der Waals surface area contributed by atoms with Crippen LogP contribution in [0.15, 0.2) is 60.7 Å². The zero-order valence-corrected chi connectivity index (χ0v) is 19.0. The quantitative estimate of drug-likeness (QED) is 0.129. The summed E-state index contributed by atoms with van der Waals surface area (Å²) in [7, 11) is 0. The number of nitro benzene ring substituents is 2. The molecule has 0 saturated carbocycles. The van der Waals surface area contributed by atoms with E-state index in [0.29, 0.717) is 0 Å². The molecule has 0 atom stereocenters. The minimum absolute atomic E-state index is 0.274. The normalized spacial score (nSPS) is 11.4. The van der Waals surface area contributed by atoms with Gasteiger partial charge < -0.3 is 10.2 Å². The summed E-state index contributed by atoms with van der Waals surface area (Å²) >= 11 is 0. The van der Waals surface area contributed by atoms with Crippen molar-refractivity contribution in [3.05, 3.63) is 138 Å². The monoisotopic (exact) mass is 550 g/mol. The number of halogens is 6. The first-order valence-electron chi connectivity index (χ1n) is 10.6. The standard InChI is InChI=1S/C25H12F6N2O6/c26-13-5-1-11(2-6-13)25(12-3-7-14(27)8-4-12,15-9-17(32(36)37)23(34)21(30)19(15)28)16-10-18(33(38)39)24(35)22(31)20(16)29/h1-10,34-35H. The molecule has 39 heavy (non-hydrogen) atoms. The fourth-order valence-corrected chi connectivity index (χ4v) is 4.36. The lowest BCUT2D eigenvalue weighted by Crippen LogP contribution is -2.34. The number of hydrogen-bond donors (Lipinski definition) is 2. The summed E-state index contributed by atoms with van der Waals surface area (Å²) in [5.41, 5.74) is -9.01. The molecule has 4 rings (SSSR count). The van der Waals surface area contributed by atoms with Gasteiger partial charge >= 0.3 is 11.4 Å². The Kier molecular flexibility index (Phi) is 6.64. The Morgan fingerprint density at radius 2 is 0.872 bits per heavy atom. The largest absolute Gasteiger partial charge is 0.500 e. The smallest absolute Gasteiger partial charge is 0.314 e. The van der Waals surface area contributed by atoms with Crippen molar-refractivity contribution in [1.82, 2.24) is 0 Å². The molecule has 0 fully saturated rings. The summed E-state index contributed by atoms with van der Waals surface area (Å²) in [6.45, 7) is 0. The van der Waals surface area contributed by atoms with Gasteiger partial charge in [-0.25, -0.2) is 17.6 Å². The molecule has 200 valence electrons. The van der Waals surface area contributed by atoms with Gasteiger partial charge in [-0.2, -0.15) is 8.78 Å². The van der Waals surface area contributed by atoms with Gasteiger partial charge in [-0.1, -0.05) is 24.3 Å². The lowest BCUT2D eigenvalue weighted by molar-refractivity contribution is -0.386. The van der Waals surface area contributed by atoms with Gasteiger partial charge in [0.05, 0.1) is 15.3 Å². The second-order valence-electron chi connectivity index (χ2n) is 8.12. The molecule has 0 amide bonds. The van der Waals surface area contributed by atoms with Crippen molar-refractivity contribution in [1.29, 1.82) is 0 Å². The predicted octanol–water partition coefficient (Wildman–Crippen LogP) is 6.13. The molecule has 2 N–H and O–H groups in total. The molecule has 0 heterocycles. The summed E-state index contributed by atoms with van der Waals surface area (Å²) in [5.74, 6) is -13.8. The van der Waals surface area contributed by atoms with Crippen LogP contribution in [0.2, 0.25) is 0 Å². The van der Waals surface area contributed by atoms with E-state index in [1.807, 2.05) is 0 Å². The number of nitro groups is 2. The van der Waals surface area contributed by atoms with Crippen molar-refractivity contribution in [2.75, 3.05) is 0 Å². The van der Waals surface area contributed by atoms with Crippen molar-refractivity contribution >= 4 is 11.4 Å². The highest BCUT2D eigenvalue weighted by Gasteiger charge is 2.47. The summed E-state index contributed by atoms with van der Waals surface area (Å²) in [5, 5.41) is 42.9. The van der Waals surface area contributed by atoms with E-state index in [2.05, 4.69) is 0 Å². The molecule has 0 aliphatic carbocycles. The molecular weight excluding hydrogens is 538 g/mol. The average molecular weight is 550 g/mol. The fraction of sp³-hybridized carbons (Fsp3) is 0.0400. The van der Waals surface area contributed by atoms with E-state index in [-0.39, 0.29) is 12.1 Å². The van der Waals surface area contributed by atoms with Gasteiger partial charge in [-0.05, 0) is 35.4 Å². The third-order valence-electron chi connectivity index (χ3n) is 6.08. The minimum Gasteiger partial charge on any atom is -0.500 e. The van der Waals surface area contributed by atoms with Crippen molar-refractivity contribution in [2.45, 2.75) is 5.41 Å². The van der Waals surface area contributed by atoms with Gasteiger partial charge in [-0.3, -0.25) is 20.2 Å². The Morgan fingerprint density at radius 1 is 0.564 bits per heavy atom. The molecule has 14 heteroatoms. The Bertz CT molecular complexity index is 1520. The zero-order chi connectivity index (χ0) is 28.8. The molecule has 4 aromatic rings. The molecule has 8 nitrogen and oxygen atoms in total.